The Bertz CT molecular complexity index is 1080. The van der Waals surface area contributed by atoms with Crippen molar-refractivity contribution in [3.05, 3.63) is 65.2 Å². The third-order valence-electron chi connectivity index (χ3n) is 7.07. The van der Waals surface area contributed by atoms with Gasteiger partial charge in [-0.3, -0.25) is 4.79 Å². The third kappa shape index (κ3) is 8.99. The predicted molar refractivity (Wildman–Crippen MR) is 154 cm³/mol. The standard InChI is InChI=1S/C32H46N2O5/c1-23(2)34(30(35)26-15-14-24(3)29(19-26)38-17-11-16-37-7)22-28-21-33(31(36)39-32(4,5)6)20-27(28)18-25-12-9-8-10-13-25/h8-10,12-15,19,23,27-28H,11,16-18,20-22H2,1-7H3. The van der Waals surface area contributed by atoms with E-state index in [2.05, 4.69) is 12.1 Å². The van der Waals surface area contributed by atoms with Crippen LogP contribution in [-0.2, 0) is 15.9 Å². The summed E-state index contributed by atoms with van der Waals surface area (Å²) in [5, 5.41) is 0. The van der Waals surface area contributed by atoms with E-state index in [1.54, 1.807) is 7.11 Å². The first-order chi connectivity index (χ1) is 18.5. The molecule has 0 bridgehead atoms. The molecule has 1 fully saturated rings. The molecule has 7 heteroatoms. The molecule has 2 unspecified atom stereocenters. The van der Waals surface area contributed by atoms with Crippen molar-refractivity contribution in [2.45, 2.75) is 66.0 Å². The summed E-state index contributed by atoms with van der Waals surface area (Å²) in [5.74, 6) is 1.03. The highest BCUT2D eigenvalue weighted by Gasteiger charge is 2.39. The molecule has 2 atom stereocenters. The van der Waals surface area contributed by atoms with Gasteiger partial charge in [-0.05, 0) is 83.1 Å². The normalized spacial score (nSPS) is 17.4. The van der Waals surface area contributed by atoms with Gasteiger partial charge in [0, 0.05) is 51.4 Å². The molecule has 1 saturated heterocycles. The van der Waals surface area contributed by atoms with Gasteiger partial charge in [0.05, 0.1) is 6.61 Å². The van der Waals surface area contributed by atoms with E-state index in [9.17, 15) is 9.59 Å². The number of benzene rings is 2. The number of likely N-dealkylation sites (tertiary alicyclic amines) is 1. The SMILES string of the molecule is COCCCOc1cc(C(=O)N(CC2CN(C(=O)OC(C)(C)C)CC2Cc2ccccc2)C(C)C)ccc1C. The number of hydrogen-bond acceptors (Lipinski definition) is 5. The number of methoxy groups -OCH3 is 1. The minimum Gasteiger partial charge on any atom is -0.493 e. The van der Waals surface area contributed by atoms with E-state index in [1.165, 1.54) is 5.56 Å². The van der Waals surface area contributed by atoms with E-state index < -0.39 is 5.60 Å². The van der Waals surface area contributed by atoms with Crippen molar-refractivity contribution in [2.24, 2.45) is 11.8 Å². The van der Waals surface area contributed by atoms with Crippen molar-refractivity contribution in [1.29, 1.82) is 0 Å². The molecular formula is C32H46N2O5. The lowest BCUT2D eigenvalue weighted by Gasteiger charge is -2.32. The molecule has 39 heavy (non-hydrogen) atoms. The molecule has 2 aromatic carbocycles. The zero-order chi connectivity index (χ0) is 28.6. The summed E-state index contributed by atoms with van der Waals surface area (Å²) >= 11 is 0. The van der Waals surface area contributed by atoms with Crippen LogP contribution in [0.4, 0.5) is 4.79 Å². The number of ether oxygens (including phenoxy) is 3. The van der Waals surface area contributed by atoms with Crippen LogP contribution in [0.25, 0.3) is 0 Å². The minimum absolute atomic E-state index is 0.00201. The summed E-state index contributed by atoms with van der Waals surface area (Å²) in [7, 11) is 1.67. The quantitative estimate of drug-likeness (QED) is 0.329. The lowest BCUT2D eigenvalue weighted by molar-refractivity contribution is 0.0282. The van der Waals surface area contributed by atoms with E-state index in [-0.39, 0.29) is 29.9 Å². The number of rotatable bonds is 11. The van der Waals surface area contributed by atoms with Gasteiger partial charge in [0.25, 0.3) is 5.91 Å². The van der Waals surface area contributed by atoms with Crippen LogP contribution in [0.5, 0.6) is 5.75 Å². The maximum Gasteiger partial charge on any atom is 0.410 e. The van der Waals surface area contributed by atoms with Gasteiger partial charge in [0.2, 0.25) is 0 Å². The van der Waals surface area contributed by atoms with Gasteiger partial charge >= 0.3 is 6.09 Å². The van der Waals surface area contributed by atoms with Crippen molar-refractivity contribution in [3.63, 3.8) is 0 Å². The van der Waals surface area contributed by atoms with Gasteiger partial charge in [0.1, 0.15) is 11.4 Å². The second-order valence-electron chi connectivity index (χ2n) is 11.8. The molecule has 1 aliphatic rings. The predicted octanol–water partition coefficient (Wildman–Crippen LogP) is 5.99. The van der Waals surface area contributed by atoms with Crippen LogP contribution in [0.3, 0.4) is 0 Å². The first kappa shape index (κ1) is 30.5. The summed E-state index contributed by atoms with van der Waals surface area (Å²) < 4.78 is 16.8. The molecule has 2 amide bonds. The molecule has 0 saturated carbocycles. The molecular weight excluding hydrogens is 492 g/mol. The monoisotopic (exact) mass is 538 g/mol. The average molecular weight is 539 g/mol. The number of carbonyl (C=O) groups excluding carboxylic acids is 2. The van der Waals surface area contributed by atoms with E-state index in [0.29, 0.717) is 38.4 Å². The van der Waals surface area contributed by atoms with Crippen LogP contribution in [0.1, 0.15) is 62.5 Å². The fourth-order valence-corrected chi connectivity index (χ4v) is 4.99. The second-order valence-corrected chi connectivity index (χ2v) is 11.8. The number of amides is 2. The molecule has 0 spiro atoms. The zero-order valence-electron chi connectivity index (χ0n) is 24.7. The summed E-state index contributed by atoms with van der Waals surface area (Å²) in [6.45, 7) is 14.6. The Kier molecular flexibility index (Phi) is 10.8. The van der Waals surface area contributed by atoms with Crippen molar-refractivity contribution < 1.29 is 23.8 Å². The Labute approximate surface area is 234 Å². The molecule has 0 N–H and O–H groups in total. The van der Waals surface area contributed by atoms with Crippen molar-refractivity contribution in [1.82, 2.24) is 9.80 Å². The zero-order valence-corrected chi connectivity index (χ0v) is 24.7. The van der Waals surface area contributed by atoms with Gasteiger partial charge < -0.3 is 24.0 Å². The Hall–Kier alpha value is -3.06. The molecule has 2 aromatic rings. The van der Waals surface area contributed by atoms with E-state index in [4.69, 9.17) is 14.2 Å². The summed E-state index contributed by atoms with van der Waals surface area (Å²) in [4.78, 5) is 30.5. The lowest BCUT2D eigenvalue weighted by atomic mass is 9.89. The van der Waals surface area contributed by atoms with E-state index in [1.807, 2.05) is 87.7 Å². The lowest BCUT2D eigenvalue weighted by Crippen LogP contribution is -2.42. The number of nitrogens with zero attached hydrogens (tertiary/aromatic N) is 2. The molecule has 7 nitrogen and oxygen atoms in total. The first-order valence-corrected chi connectivity index (χ1v) is 14.0. The highest BCUT2D eigenvalue weighted by Crippen LogP contribution is 2.30. The van der Waals surface area contributed by atoms with Gasteiger partial charge in [-0.15, -0.1) is 0 Å². The minimum atomic E-state index is -0.557. The van der Waals surface area contributed by atoms with Crippen LogP contribution in [0.15, 0.2) is 48.5 Å². The van der Waals surface area contributed by atoms with Crippen LogP contribution in [0.2, 0.25) is 0 Å². The average Bonchev–Trinajstić information content (AvgIpc) is 3.27. The number of aryl methyl sites for hydroxylation is 1. The molecule has 0 radical (unpaired) electrons. The highest BCUT2D eigenvalue weighted by atomic mass is 16.6. The van der Waals surface area contributed by atoms with Crippen molar-refractivity contribution in [3.8, 4) is 5.75 Å². The van der Waals surface area contributed by atoms with Gasteiger partial charge in [-0.1, -0.05) is 36.4 Å². The van der Waals surface area contributed by atoms with E-state index >= 15 is 0 Å². The summed E-state index contributed by atoms with van der Waals surface area (Å²) in [6.07, 6.45) is 1.33. The number of carbonyl (C=O) groups is 2. The topological polar surface area (TPSA) is 68.3 Å². The first-order valence-electron chi connectivity index (χ1n) is 14.0. The Morgan fingerprint density at radius 2 is 1.72 bits per heavy atom. The van der Waals surface area contributed by atoms with Gasteiger partial charge in [0.15, 0.2) is 0 Å². The molecule has 1 aliphatic heterocycles. The van der Waals surface area contributed by atoms with E-state index in [0.717, 1.165) is 24.2 Å². The number of hydrogen-bond donors (Lipinski definition) is 0. The molecule has 214 valence electrons. The third-order valence-corrected chi connectivity index (χ3v) is 7.07. The second kappa shape index (κ2) is 13.8. The Morgan fingerprint density at radius 1 is 1.03 bits per heavy atom. The largest absolute Gasteiger partial charge is 0.493 e. The molecule has 1 heterocycles. The van der Waals surface area contributed by atoms with Crippen LogP contribution >= 0.6 is 0 Å². The fraction of sp³-hybridized carbons (Fsp3) is 0.562. The van der Waals surface area contributed by atoms with Crippen LogP contribution in [-0.4, -0.2) is 73.4 Å². The Morgan fingerprint density at radius 3 is 2.36 bits per heavy atom. The summed E-state index contributed by atoms with van der Waals surface area (Å²) in [5.41, 5.74) is 2.28. The smallest absolute Gasteiger partial charge is 0.410 e. The molecule has 0 aromatic heterocycles. The maximum atomic E-state index is 13.8. The highest BCUT2D eigenvalue weighted by molar-refractivity contribution is 5.95. The van der Waals surface area contributed by atoms with Crippen LogP contribution in [0, 0.1) is 18.8 Å². The molecule has 3 rings (SSSR count). The maximum absolute atomic E-state index is 13.8. The van der Waals surface area contributed by atoms with Crippen LogP contribution < -0.4 is 4.74 Å². The summed E-state index contributed by atoms with van der Waals surface area (Å²) in [6, 6.07) is 16.0. The van der Waals surface area contributed by atoms with Gasteiger partial charge in [-0.2, -0.15) is 0 Å². The van der Waals surface area contributed by atoms with Crippen molar-refractivity contribution >= 4 is 12.0 Å². The fourth-order valence-electron chi connectivity index (χ4n) is 4.99. The Balaban J connectivity index is 1.79. The molecule has 0 aliphatic carbocycles. The van der Waals surface area contributed by atoms with Crippen molar-refractivity contribution in [2.75, 3.05) is 40.0 Å². The van der Waals surface area contributed by atoms with Gasteiger partial charge in [-0.25, -0.2) is 4.79 Å².